The molecule has 1 aromatic rings. The molecule has 0 radical (unpaired) electrons. The number of hydrogen-bond donors (Lipinski definition) is 1. The van der Waals surface area contributed by atoms with E-state index in [1.165, 1.54) is 0 Å². The Balaban J connectivity index is 1.70. The molecule has 1 atom stereocenters. The van der Waals surface area contributed by atoms with E-state index >= 15 is 0 Å². The van der Waals surface area contributed by atoms with E-state index in [0.717, 1.165) is 37.1 Å². The van der Waals surface area contributed by atoms with Crippen LogP contribution in [0.2, 0.25) is 0 Å². The van der Waals surface area contributed by atoms with Crippen LogP contribution in [-0.2, 0) is 5.92 Å². The second-order valence-corrected chi connectivity index (χ2v) is 5.76. The molecule has 104 valence electrons. The zero-order valence-electron chi connectivity index (χ0n) is 10.5. The summed E-state index contributed by atoms with van der Waals surface area (Å²) in [5.74, 6) is -3.54. The molecule has 1 aliphatic carbocycles. The maximum absolute atomic E-state index is 14.1. The van der Waals surface area contributed by atoms with Crippen LogP contribution in [-0.4, -0.2) is 35.7 Å². The first-order valence-electron chi connectivity index (χ1n) is 6.46. The van der Waals surface area contributed by atoms with Crippen LogP contribution < -0.4 is 0 Å². The Morgan fingerprint density at radius 1 is 1.26 bits per heavy atom. The number of hydrogen-bond acceptors (Lipinski definition) is 2. The van der Waals surface area contributed by atoms with Gasteiger partial charge in [-0.2, -0.15) is 8.78 Å². The minimum Gasteiger partial charge on any atom is -0.391 e. The standard InChI is InChI=1S/C14H16F3NO/c15-11-3-1-10(2-4-11)14(16,17)9-18-7-12(19)13(8-18)5-6-13/h1-4,12,19H,5-9H2. The molecular weight excluding hydrogens is 255 g/mol. The van der Waals surface area contributed by atoms with Gasteiger partial charge in [0.05, 0.1) is 12.6 Å². The van der Waals surface area contributed by atoms with Gasteiger partial charge in [-0.05, 0) is 25.0 Å². The zero-order valence-corrected chi connectivity index (χ0v) is 10.5. The Morgan fingerprint density at radius 2 is 1.89 bits per heavy atom. The molecule has 2 nitrogen and oxygen atoms in total. The molecular formula is C14H16F3NO. The van der Waals surface area contributed by atoms with Crippen LogP contribution in [0.4, 0.5) is 13.2 Å². The van der Waals surface area contributed by atoms with E-state index in [4.69, 9.17) is 0 Å². The van der Waals surface area contributed by atoms with Crippen LogP contribution in [0.1, 0.15) is 18.4 Å². The summed E-state index contributed by atoms with van der Waals surface area (Å²) >= 11 is 0. The second kappa shape index (κ2) is 4.21. The number of nitrogens with zero attached hydrogens (tertiary/aromatic N) is 1. The van der Waals surface area contributed by atoms with E-state index < -0.39 is 24.4 Å². The van der Waals surface area contributed by atoms with Crippen molar-refractivity contribution in [3.05, 3.63) is 35.6 Å². The Hall–Kier alpha value is -1.07. The van der Waals surface area contributed by atoms with Gasteiger partial charge >= 0.3 is 0 Å². The van der Waals surface area contributed by atoms with Crippen molar-refractivity contribution in [2.24, 2.45) is 5.41 Å². The third kappa shape index (κ3) is 2.37. The third-order valence-electron chi connectivity index (χ3n) is 4.26. The summed E-state index contributed by atoms with van der Waals surface area (Å²) in [5.41, 5.74) is -0.307. The van der Waals surface area contributed by atoms with Crippen LogP contribution in [0.25, 0.3) is 0 Å². The van der Waals surface area contributed by atoms with E-state index in [0.29, 0.717) is 13.1 Å². The van der Waals surface area contributed by atoms with E-state index in [2.05, 4.69) is 0 Å². The molecule has 1 spiro atoms. The van der Waals surface area contributed by atoms with Crippen molar-refractivity contribution in [3.63, 3.8) is 0 Å². The van der Waals surface area contributed by atoms with Crippen molar-refractivity contribution in [3.8, 4) is 0 Å². The Kier molecular flexibility index (Phi) is 2.87. The van der Waals surface area contributed by atoms with Crippen molar-refractivity contribution in [1.82, 2.24) is 4.90 Å². The summed E-state index contributed by atoms with van der Waals surface area (Å²) in [5, 5.41) is 9.86. The molecule has 3 rings (SSSR count). The number of rotatable bonds is 3. The SMILES string of the molecule is OC1CN(CC(F)(F)c2ccc(F)cc2)CC12CC2. The Morgan fingerprint density at radius 3 is 2.42 bits per heavy atom. The number of benzene rings is 1. The summed E-state index contributed by atoms with van der Waals surface area (Å²) in [4.78, 5) is 1.61. The lowest BCUT2D eigenvalue weighted by molar-refractivity contribution is -0.0350. The molecule has 0 amide bonds. The number of aliphatic hydroxyl groups is 1. The van der Waals surface area contributed by atoms with Crippen molar-refractivity contribution >= 4 is 0 Å². The lowest BCUT2D eigenvalue weighted by Crippen LogP contribution is -2.34. The molecule has 1 aliphatic heterocycles. The summed E-state index contributed by atoms with van der Waals surface area (Å²) in [6, 6.07) is 4.33. The van der Waals surface area contributed by atoms with Crippen LogP contribution in [0.5, 0.6) is 0 Å². The van der Waals surface area contributed by atoms with Crippen LogP contribution in [0.15, 0.2) is 24.3 Å². The number of β-amino-alcohol motifs (C(OH)–C–C–N with tert-alkyl or cyclic N) is 1. The molecule has 2 fully saturated rings. The molecule has 0 aromatic heterocycles. The fraction of sp³-hybridized carbons (Fsp3) is 0.571. The van der Waals surface area contributed by atoms with Crippen LogP contribution >= 0.6 is 0 Å². The average Bonchev–Trinajstić information content (AvgIpc) is 3.03. The first-order valence-corrected chi connectivity index (χ1v) is 6.46. The largest absolute Gasteiger partial charge is 0.391 e. The van der Waals surface area contributed by atoms with Crippen molar-refractivity contribution in [2.45, 2.75) is 24.9 Å². The molecule has 1 saturated heterocycles. The number of halogens is 3. The third-order valence-corrected chi connectivity index (χ3v) is 4.26. The normalized spacial score (nSPS) is 26.0. The predicted octanol–water partition coefficient (Wildman–Crippen LogP) is 2.37. The van der Waals surface area contributed by atoms with Crippen LogP contribution in [0.3, 0.4) is 0 Å². The van der Waals surface area contributed by atoms with Gasteiger partial charge in [-0.3, -0.25) is 4.90 Å². The molecule has 1 N–H and O–H groups in total. The van der Waals surface area contributed by atoms with Gasteiger partial charge in [-0.25, -0.2) is 4.39 Å². The minimum absolute atomic E-state index is 0.126. The molecule has 1 saturated carbocycles. The first-order chi connectivity index (χ1) is 8.91. The fourth-order valence-corrected chi connectivity index (χ4v) is 2.89. The van der Waals surface area contributed by atoms with Gasteiger partial charge in [-0.15, -0.1) is 0 Å². The Bertz CT molecular complexity index is 470. The average molecular weight is 271 g/mol. The molecule has 2 aliphatic rings. The zero-order chi connectivity index (χ0) is 13.7. The monoisotopic (exact) mass is 271 g/mol. The van der Waals surface area contributed by atoms with Crippen LogP contribution in [0, 0.1) is 11.2 Å². The first kappa shape index (κ1) is 12.9. The highest BCUT2D eigenvalue weighted by molar-refractivity contribution is 5.21. The van der Waals surface area contributed by atoms with Gasteiger partial charge < -0.3 is 5.11 Å². The van der Waals surface area contributed by atoms with Gasteiger partial charge in [0.15, 0.2) is 0 Å². The smallest absolute Gasteiger partial charge is 0.285 e. The van der Waals surface area contributed by atoms with E-state index in [1.54, 1.807) is 4.90 Å². The Labute approximate surface area is 109 Å². The van der Waals surface area contributed by atoms with Gasteiger partial charge in [-0.1, -0.05) is 12.1 Å². The molecule has 19 heavy (non-hydrogen) atoms. The maximum Gasteiger partial charge on any atom is 0.285 e. The molecule has 5 heteroatoms. The minimum atomic E-state index is -3.02. The summed E-state index contributed by atoms with van der Waals surface area (Å²) in [7, 11) is 0. The quantitative estimate of drug-likeness (QED) is 0.912. The fourth-order valence-electron chi connectivity index (χ4n) is 2.89. The number of alkyl halides is 2. The molecule has 1 unspecified atom stereocenters. The lowest BCUT2D eigenvalue weighted by atomic mass is 10.0. The highest BCUT2D eigenvalue weighted by atomic mass is 19.3. The van der Waals surface area contributed by atoms with E-state index in [-0.39, 0.29) is 11.0 Å². The van der Waals surface area contributed by atoms with Crippen molar-refractivity contribution in [1.29, 1.82) is 0 Å². The number of likely N-dealkylation sites (tertiary alicyclic amines) is 1. The second-order valence-electron chi connectivity index (χ2n) is 5.76. The van der Waals surface area contributed by atoms with E-state index in [9.17, 15) is 18.3 Å². The van der Waals surface area contributed by atoms with Gasteiger partial charge in [0.25, 0.3) is 5.92 Å². The summed E-state index contributed by atoms with van der Waals surface area (Å²) in [6.07, 6.45) is 1.36. The summed E-state index contributed by atoms with van der Waals surface area (Å²) in [6.45, 7) is 0.416. The van der Waals surface area contributed by atoms with E-state index in [1.807, 2.05) is 0 Å². The molecule has 1 heterocycles. The topological polar surface area (TPSA) is 23.5 Å². The molecule has 1 aromatic carbocycles. The highest BCUT2D eigenvalue weighted by Gasteiger charge is 2.55. The summed E-state index contributed by atoms with van der Waals surface area (Å²) < 4.78 is 40.9. The van der Waals surface area contributed by atoms with Crippen molar-refractivity contribution in [2.75, 3.05) is 19.6 Å². The van der Waals surface area contributed by atoms with Crippen molar-refractivity contribution < 1.29 is 18.3 Å². The van der Waals surface area contributed by atoms with Gasteiger partial charge in [0.1, 0.15) is 5.82 Å². The van der Waals surface area contributed by atoms with Gasteiger partial charge in [0.2, 0.25) is 0 Å². The lowest BCUT2D eigenvalue weighted by Gasteiger charge is -2.23. The molecule has 0 bridgehead atoms. The highest BCUT2D eigenvalue weighted by Crippen LogP contribution is 2.53. The predicted molar refractivity (Wildman–Crippen MR) is 64.4 cm³/mol. The maximum atomic E-state index is 14.1. The number of aliphatic hydroxyl groups excluding tert-OH is 1. The van der Waals surface area contributed by atoms with Gasteiger partial charge in [0, 0.05) is 24.1 Å².